The molecule has 5 rings (SSSR count). The van der Waals surface area contributed by atoms with Gasteiger partial charge in [-0.1, -0.05) is 44.5 Å². The lowest BCUT2D eigenvalue weighted by Gasteiger charge is -2.28. The zero-order valence-electron chi connectivity index (χ0n) is 32.4. The van der Waals surface area contributed by atoms with Gasteiger partial charge in [-0.3, -0.25) is 9.59 Å². The summed E-state index contributed by atoms with van der Waals surface area (Å²) in [4.78, 5) is 35.0. The third-order valence-corrected chi connectivity index (χ3v) is 14.3. The summed E-state index contributed by atoms with van der Waals surface area (Å²) in [5.74, 6) is -1.11. The van der Waals surface area contributed by atoms with Crippen LogP contribution in [0.15, 0.2) is 95.0 Å². The van der Waals surface area contributed by atoms with E-state index in [1.54, 1.807) is 12.1 Å². The van der Waals surface area contributed by atoms with E-state index in [4.69, 9.17) is 16.3 Å². The smallest absolute Gasteiger partial charge is 0.378 e. The first-order valence-electron chi connectivity index (χ1n) is 17.6. The number of sulfone groups is 2. The number of hydrogen-bond donors (Lipinski definition) is 2. The summed E-state index contributed by atoms with van der Waals surface area (Å²) in [5.41, 5.74) is 0.560. The van der Waals surface area contributed by atoms with E-state index in [0.29, 0.717) is 49.0 Å². The number of carbonyl (C=O) groups excluding carboxylic acids is 2. The molecule has 2 amide bonds. The minimum absolute atomic E-state index is 0.0606. The molecule has 1 aliphatic heterocycles. The Labute approximate surface area is 336 Å². The average molecular weight is 852 g/mol. The number of benzene rings is 2. The predicted octanol–water partition coefficient (Wildman–Crippen LogP) is 7.35. The normalized spacial score (nSPS) is 14.3. The fourth-order valence-corrected chi connectivity index (χ4v) is 8.03. The number of nitrogens with one attached hydrogen (secondary N) is 2. The highest BCUT2D eigenvalue weighted by atomic mass is 35.5. The first-order chi connectivity index (χ1) is 26.3. The van der Waals surface area contributed by atoms with Crippen molar-refractivity contribution >= 4 is 60.4 Å². The SMILES string of the molecule is CC(C)(C(=O)Nc1ccc(C(F)(F)F)cn1)S(=O)(=O)c1ccc(N2CCOCC2)nc1.CC(C)(C)c1cccc(NC(=O)C(C)(C)S(=O)(=O)c2ccc(Cl)cc2)c1. The summed E-state index contributed by atoms with van der Waals surface area (Å²) in [6.07, 6.45) is -2.82. The van der Waals surface area contributed by atoms with Gasteiger partial charge in [-0.15, -0.1) is 0 Å². The quantitative estimate of drug-likeness (QED) is 0.174. The van der Waals surface area contributed by atoms with Gasteiger partial charge in [-0.05, 0) is 99.3 Å². The zero-order chi connectivity index (χ0) is 42.6. The number of nitrogens with zero attached hydrogens (tertiary/aromatic N) is 3. The molecule has 308 valence electrons. The fraction of sp³-hybridized carbons (Fsp3) is 0.385. The van der Waals surface area contributed by atoms with Crippen molar-refractivity contribution in [3.63, 3.8) is 0 Å². The molecule has 0 atom stereocenters. The number of morpholine rings is 1. The highest BCUT2D eigenvalue weighted by molar-refractivity contribution is 7.94. The van der Waals surface area contributed by atoms with Crippen LogP contribution < -0.4 is 15.5 Å². The van der Waals surface area contributed by atoms with Crippen LogP contribution in [0.5, 0.6) is 0 Å². The van der Waals surface area contributed by atoms with Crippen molar-refractivity contribution in [2.75, 3.05) is 41.8 Å². The number of carbonyl (C=O) groups is 2. The topological polar surface area (TPSA) is 165 Å². The van der Waals surface area contributed by atoms with Crippen LogP contribution in [0.4, 0.5) is 30.5 Å². The van der Waals surface area contributed by atoms with E-state index in [-0.39, 0.29) is 21.0 Å². The first-order valence-corrected chi connectivity index (χ1v) is 20.9. The van der Waals surface area contributed by atoms with Gasteiger partial charge in [0.15, 0.2) is 19.7 Å². The molecule has 2 N–H and O–H groups in total. The van der Waals surface area contributed by atoms with E-state index in [0.717, 1.165) is 17.7 Å². The van der Waals surface area contributed by atoms with Crippen LogP contribution in [0, 0.1) is 0 Å². The minimum Gasteiger partial charge on any atom is -0.378 e. The molecular weight excluding hydrogens is 807 g/mol. The number of amides is 2. The first kappa shape index (κ1) is 45.1. The van der Waals surface area contributed by atoms with Crippen LogP contribution in [0.3, 0.4) is 0 Å². The van der Waals surface area contributed by atoms with Crippen molar-refractivity contribution < 1.29 is 44.3 Å². The van der Waals surface area contributed by atoms with Gasteiger partial charge in [0.2, 0.25) is 11.8 Å². The maximum Gasteiger partial charge on any atom is 0.417 e. The van der Waals surface area contributed by atoms with E-state index >= 15 is 0 Å². The Balaban J connectivity index is 0.000000257. The Morgan fingerprint density at radius 2 is 1.26 bits per heavy atom. The zero-order valence-corrected chi connectivity index (χ0v) is 34.8. The molecule has 12 nitrogen and oxygen atoms in total. The Morgan fingerprint density at radius 1 is 0.702 bits per heavy atom. The van der Waals surface area contributed by atoms with Gasteiger partial charge < -0.3 is 20.3 Å². The summed E-state index contributed by atoms with van der Waals surface area (Å²) < 4.78 is 91.6. The molecule has 0 bridgehead atoms. The van der Waals surface area contributed by atoms with Crippen molar-refractivity contribution in [2.24, 2.45) is 0 Å². The van der Waals surface area contributed by atoms with Crippen molar-refractivity contribution in [3.05, 3.63) is 101 Å². The standard InChI is InChI=1S/C20H24ClNO3S.C19H21F3N4O4S/c1-19(2,3)14-7-6-8-16(13-14)22-18(23)20(4,5)26(24,25)17-11-9-15(21)10-12-17;1-18(2,17(27)25-15-5-3-13(11-23-15)19(20,21)22)31(28,29)14-4-6-16(24-12-14)26-7-9-30-10-8-26/h6-13H,1-5H3,(H,22,23);3-6,11-12H,7-10H2,1-2H3,(H,23,25,27). The van der Waals surface area contributed by atoms with Crippen LogP contribution in [0.25, 0.3) is 0 Å². The van der Waals surface area contributed by atoms with Gasteiger partial charge in [0.1, 0.15) is 21.1 Å². The van der Waals surface area contributed by atoms with E-state index in [9.17, 15) is 39.6 Å². The van der Waals surface area contributed by atoms with Crippen molar-refractivity contribution in [3.8, 4) is 0 Å². The summed E-state index contributed by atoms with van der Waals surface area (Å²) >= 11 is 5.82. The van der Waals surface area contributed by atoms with Crippen LogP contribution >= 0.6 is 11.6 Å². The van der Waals surface area contributed by atoms with Gasteiger partial charge >= 0.3 is 6.18 Å². The maximum atomic E-state index is 13.1. The molecule has 2 aromatic carbocycles. The van der Waals surface area contributed by atoms with Crippen LogP contribution in [0.2, 0.25) is 5.02 Å². The van der Waals surface area contributed by atoms with Crippen molar-refractivity contribution in [2.45, 2.75) is 79.3 Å². The third kappa shape index (κ3) is 10.5. The summed E-state index contributed by atoms with van der Waals surface area (Å²) in [6, 6.07) is 17.9. The number of ether oxygens (including phenoxy) is 1. The second-order valence-corrected chi connectivity index (χ2v) is 20.5. The second-order valence-electron chi connectivity index (χ2n) is 15.1. The number of alkyl halides is 3. The van der Waals surface area contributed by atoms with Gasteiger partial charge in [-0.25, -0.2) is 26.8 Å². The van der Waals surface area contributed by atoms with Crippen molar-refractivity contribution in [1.82, 2.24) is 9.97 Å². The monoisotopic (exact) mass is 851 g/mol. The summed E-state index contributed by atoms with van der Waals surface area (Å²) in [6.45, 7) is 13.8. The van der Waals surface area contributed by atoms with E-state index in [2.05, 4.69) is 41.4 Å². The van der Waals surface area contributed by atoms with Gasteiger partial charge in [-0.2, -0.15) is 13.2 Å². The molecule has 0 saturated carbocycles. The number of rotatable bonds is 9. The van der Waals surface area contributed by atoms with Crippen LogP contribution in [0.1, 0.15) is 59.6 Å². The number of aromatic nitrogens is 2. The summed E-state index contributed by atoms with van der Waals surface area (Å²) in [7, 11) is -8.05. The van der Waals surface area contributed by atoms with Crippen molar-refractivity contribution in [1.29, 1.82) is 0 Å². The molecule has 57 heavy (non-hydrogen) atoms. The molecule has 18 heteroatoms. The molecular formula is C39H45ClF3N5O7S2. The lowest BCUT2D eigenvalue weighted by molar-refractivity contribution is -0.137. The maximum absolute atomic E-state index is 13.1. The number of hydrogen-bond acceptors (Lipinski definition) is 10. The Morgan fingerprint density at radius 3 is 1.77 bits per heavy atom. The van der Waals surface area contributed by atoms with Crippen LogP contribution in [-0.2, 0) is 45.6 Å². The lowest BCUT2D eigenvalue weighted by atomic mass is 9.87. The largest absolute Gasteiger partial charge is 0.417 e. The number of anilines is 3. The average Bonchev–Trinajstić information content (AvgIpc) is 3.15. The summed E-state index contributed by atoms with van der Waals surface area (Å²) in [5, 5.41) is 5.43. The van der Waals surface area contributed by atoms with Crippen LogP contribution in [-0.4, -0.2) is 74.4 Å². The molecule has 0 radical (unpaired) electrons. The molecule has 4 aromatic rings. The molecule has 0 aliphatic carbocycles. The predicted molar refractivity (Wildman–Crippen MR) is 213 cm³/mol. The third-order valence-electron chi connectivity index (χ3n) is 9.25. The van der Waals surface area contributed by atoms with Gasteiger partial charge in [0, 0.05) is 36.2 Å². The Bertz CT molecular complexity index is 2270. The second kappa shape index (κ2) is 17.1. The number of halogens is 4. The van der Waals surface area contributed by atoms with E-state index in [1.165, 1.54) is 64.2 Å². The molecule has 0 unspecified atom stereocenters. The fourth-order valence-electron chi connectivity index (χ4n) is 5.21. The Hall–Kier alpha value is -4.58. The molecule has 1 saturated heterocycles. The van der Waals surface area contributed by atoms with Gasteiger partial charge in [0.25, 0.3) is 0 Å². The molecule has 2 aromatic heterocycles. The Kier molecular flexibility index (Phi) is 13.5. The minimum atomic E-state index is -4.57. The lowest BCUT2D eigenvalue weighted by Crippen LogP contribution is -2.44. The highest BCUT2D eigenvalue weighted by Crippen LogP contribution is 2.32. The molecule has 1 fully saturated rings. The number of pyridine rings is 2. The van der Waals surface area contributed by atoms with E-state index < -0.39 is 52.7 Å². The molecule has 3 heterocycles. The van der Waals surface area contributed by atoms with E-state index in [1.807, 2.05) is 23.1 Å². The molecule has 1 aliphatic rings. The molecule has 0 spiro atoms. The van der Waals surface area contributed by atoms with Gasteiger partial charge in [0.05, 0.1) is 28.6 Å². The highest BCUT2D eigenvalue weighted by Gasteiger charge is 2.44.